The largest absolute Gasteiger partial charge is 0.465 e. The van der Waals surface area contributed by atoms with Crippen molar-refractivity contribution in [3.05, 3.63) is 0 Å². The number of hydrogen-bond acceptors (Lipinski definition) is 8. The Labute approximate surface area is 129 Å². The molecule has 0 aromatic carbocycles. The van der Waals surface area contributed by atoms with Gasteiger partial charge in [-0.2, -0.15) is 0 Å². The van der Waals surface area contributed by atoms with E-state index >= 15 is 0 Å². The summed E-state index contributed by atoms with van der Waals surface area (Å²) in [6.07, 6.45) is 0. The highest BCUT2D eigenvalue weighted by Crippen LogP contribution is 2.19. The monoisotopic (exact) mass is 318 g/mol. The summed E-state index contributed by atoms with van der Waals surface area (Å²) in [5.74, 6) is -6.62. The second-order valence-electron chi connectivity index (χ2n) is 4.26. The van der Waals surface area contributed by atoms with Gasteiger partial charge >= 0.3 is 11.9 Å². The molecule has 0 fully saturated rings. The zero-order valence-electron chi connectivity index (χ0n) is 13.2. The number of carbonyl (C=O) groups is 4. The summed E-state index contributed by atoms with van der Waals surface area (Å²) in [7, 11) is 2.52. The van der Waals surface area contributed by atoms with Gasteiger partial charge in [0.05, 0.1) is 13.2 Å². The summed E-state index contributed by atoms with van der Waals surface area (Å²) in [6, 6.07) is 0. The van der Waals surface area contributed by atoms with Gasteiger partial charge in [-0.15, -0.1) is 0 Å². The van der Waals surface area contributed by atoms with E-state index in [1.165, 1.54) is 14.2 Å². The molecule has 0 saturated carbocycles. The third-order valence-corrected chi connectivity index (χ3v) is 2.68. The molecule has 0 N–H and O–H groups in total. The molecule has 8 heteroatoms. The number of methoxy groups -OCH3 is 2. The molecule has 0 aliphatic rings. The highest BCUT2D eigenvalue weighted by Gasteiger charge is 2.45. The lowest BCUT2D eigenvalue weighted by molar-refractivity contribution is -0.167. The lowest BCUT2D eigenvalue weighted by Crippen LogP contribution is -2.44. The van der Waals surface area contributed by atoms with Crippen LogP contribution in [-0.2, 0) is 38.1 Å². The van der Waals surface area contributed by atoms with E-state index in [0.717, 1.165) is 0 Å². The summed E-state index contributed by atoms with van der Waals surface area (Å²) >= 11 is 0. The minimum absolute atomic E-state index is 0.00358. The van der Waals surface area contributed by atoms with Crippen LogP contribution in [0.3, 0.4) is 0 Å². The van der Waals surface area contributed by atoms with Crippen molar-refractivity contribution in [2.75, 3.05) is 40.6 Å². The Morgan fingerprint density at radius 3 is 1.27 bits per heavy atom. The maximum Gasteiger partial charge on any atom is 0.317 e. The van der Waals surface area contributed by atoms with E-state index in [4.69, 9.17) is 18.9 Å². The van der Waals surface area contributed by atoms with Gasteiger partial charge in [-0.05, 0) is 13.8 Å². The lowest BCUT2D eigenvalue weighted by atomic mass is 9.85. The fourth-order valence-electron chi connectivity index (χ4n) is 1.83. The highest BCUT2D eigenvalue weighted by molar-refractivity contribution is 6.11. The van der Waals surface area contributed by atoms with Crippen LogP contribution in [0.4, 0.5) is 0 Å². The van der Waals surface area contributed by atoms with Crippen molar-refractivity contribution in [3.8, 4) is 0 Å². The third kappa shape index (κ3) is 5.90. The summed E-state index contributed by atoms with van der Waals surface area (Å²) in [4.78, 5) is 48.2. The van der Waals surface area contributed by atoms with Gasteiger partial charge in [0.1, 0.15) is 25.0 Å². The van der Waals surface area contributed by atoms with E-state index in [1.807, 2.05) is 0 Å². The van der Waals surface area contributed by atoms with Gasteiger partial charge in [0, 0.05) is 14.2 Å². The standard InChI is InChI=1S/C14H22O8/c1-5-21-13(17)11(9(15)7-19-3)12(10(16)8-20-4)14(18)22-6-2/h11-12H,5-8H2,1-4H3. The zero-order chi connectivity index (χ0) is 17.1. The first kappa shape index (κ1) is 20.2. The molecule has 0 radical (unpaired) electrons. The Morgan fingerprint density at radius 1 is 0.727 bits per heavy atom. The second kappa shape index (κ2) is 10.9. The zero-order valence-corrected chi connectivity index (χ0v) is 13.2. The molecular weight excluding hydrogens is 296 g/mol. The summed E-state index contributed by atoms with van der Waals surface area (Å²) in [5, 5.41) is 0. The van der Waals surface area contributed by atoms with Gasteiger partial charge in [-0.1, -0.05) is 0 Å². The van der Waals surface area contributed by atoms with Gasteiger partial charge < -0.3 is 18.9 Å². The first-order chi connectivity index (χ1) is 10.4. The maximum absolute atomic E-state index is 12.1. The van der Waals surface area contributed by atoms with Crippen molar-refractivity contribution in [2.45, 2.75) is 13.8 Å². The van der Waals surface area contributed by atoms with Crippen LogP contribution >= 0.6 is 0 Å². The van der Waals surface area contributed by atoms with Crippen molar-refractivity contribution in [1.29, 1.82) is 0 Å². The molecule has 8 nitrogen and oxygen atoms in total. The number of Topliss-reactive ketones (excluding diaryl/α,β-unsaturated/α-hetero) is 2. The fourth-order valence-corrected chi connectivity index (χ4v) is 1.83. The lowest BCUT2D eigenvalue weighted by Gasteiger charge is -2.21. The van der Waals surface area contributed by atoms with Gasteiger partial charge in [-0.25, -0.2) is 0 Å². The fraction of sp³-hybridized carbons (Fsp3) is 0.714. The van der Waals surface area contributed by atoms with Crippen LogP contribution in [0.25, 0.3) is 0 Å². The summed E-state index contributed by atoms with van der Waals surface area (Å²) in [6.45, 7) is 2.24. The molecular formula is C14H22O8. The number of ether oxygens (including phenoxy) is 4. The van der Waals surface area contributed by atoms with E-state index in [0.29, 0.717) is 0 Å². The first-order valence-electron chi connectivity index (χ1n) is 6.81. The Kier molecular flexibility index (Phi) is 9.97. The van der Waals surface area contributed by atoms with E-state index in [9.17, 15) is 19.2 Å². The molecule has 0 aliphatic heterocycles. The summed E-state index contributed by atoms with van der Waals surface area (Å²) < 4.78 is 19.0. The van der Waals surface area contributed by atoms with Crippen LogP contribution in [0.15, 0.2) is 0 Å². The van der Waals surface area contributed by atoms with Crippen LogP contribution in [0.5, 0.6) is 0 Å². The molecule has 0 aromatic rings. The van der Waals surface area contributed by atoms with E-state index in [1.54, 1.807) is 13.8 Å². The quantitative estimate of drug-likeness (QED) is 0.380. The van der Waals surface area contributed by atoms with Gasteiger partial charge in [0.15, 0.2) is 11.6 Å². The first-order valence-corrected chi connectivity index (χ1v) is 6.81. The predicted molar refractivity (Wildman–Crippen MR) is 74.0 cm³/mol. The van der Waals surface area contributed by atoms with Crippen LogP contribution in [-0.4, -0.2) is 64.2 Å². The molecule has 0 aliphatic carbocycles. The molecule has 0 rings (SSSR count). The minimum Gasteiger partial charge on any atom is -0.465 e. The van der Waals surface area contributed by atoms with Gasteiger partial charge in [-0.3, -0.25) is 19.2 Å². The molecule has 0 heterocycles. The van der Waals surface area contributed by atoms with E-state index < -0.39 is 48.6 Å². The topological polar surface area (TPSA) is 105 Å². The molecule has 2 unspecified atom stereocenters. The SMILES string of the molecule is CCOC(=O)C(C(=O)COC)C(C(=O)COC)C(=O)OCC. The van der Waals surface area contributed by atoms with E-state index in [2.05, 4.69) is 0 Å². The maximum atomic E-state index is 12.1. The Balaban J connectivity index is 5.59. The van der Waals surface area contributed by atoms with Gasteiger partial charge in [0.2, 0.25) is 0 Å². The number of rotatable bonds is 11. The molecule has 0 aromatic heterocycles. The molecule has 126 valence electrons. The van der Waals surface area contributed by atoms with Gasteiger partial charge in [0.25, 0.3) is 0 Å². The Morgan fingerprint density at radius 2 is 1.05 bits per heavy atom. The van der Waals surface area contributed by atoms with E-state index in [-0.39, 0.29) is 13.2 Å². The predicted octanol–water partition coefficient (Wildman–Crippen LogP) is -0.224. The van der Waals surface area contributed by atoms with Crippen molar-refractivity contribution in [2.24, 2.45) is 11.8 Å². The Hall–Kier alpha value is -1.80. The van der Waals surface area contributed by atoms with Crippen molar-refractivity contribution in [1.82, 2.24) is 0 Å². The van der Waals surface area contributed by atoms with Crippen molar-refractivity contribution < 1.29 is 38.1 Å². The minimum atomic E-state index is -1.61. The molecule has 22 heavy (non-hydrogen) atoms. The molecule has 2 atom stereocenters. The molecule has 0 saturated heterocycles. The number of hydrogen-bond donors (Lipinski definition) is 0. The molecule has 0 amide bonds. The number of esters is 2. The van der Waals surface area contributed by atoms with Crippen molar-refractivity contribution in [3.63, 3.8) is 0 Å². The summed E-state index contributed by atoms with van der Waals surface area (Å²) in [5.41, 5.74) is 0. The Bertz CT molecular complexity index is 330. The number of carbonyl (C=O) groups excluding carboxylic acids is 4. The third-order valence-electron chi connectivity index (χ3n) is 2.68. The second-order valence-corrected chi connectivity index (χ2v) is 4.26. The van der Waals surface area contributed by atoms with Crippen LogP contribution in [0.2, 0.25) is 0 Å². The van der Waals surface area contributed by atoms with Crippen LogP contribution < -0.4 is 0 Å². The van der Waals surface area contributed by atoms with Crippen LogP contribution in [0, 0.1) is 11.8 Å². The van der Waals surface area contributed by atoms with Crippen LogP contribution in [0.1, 0.15) is 13.8 Å². The highest BCUT2D eigenvalue weighted by atomic mass is 16.5. The average Bonchev–Trinajstić information content (AvgIpc) is 2.45. The van der Waals surface area contributed by atoms with Crippen molar-refractivity contribution >= 4 is 23.5 Å². The normalized spacial score (nSPS) is 13.1. The molecule has 0 bridgehead atoms. The number of ketones is 2. The molecule has 0 spiro atoms. The average molecular weight is 318 g/mol. The smallest absolute Gasteiger partial charge is 0.317 e.